The first kappa shape index (κ1) is 12.3. The fourth-order valence-corrected chi connectivity index (χ4v) is 3.18. The van der Waals surface area contributed by atoms with Crippen LogP contribution in [0.15, 0.2) is 29.6 Å². The van der Waals surface area contributed by atoms with Gasteiger partial charge in [-0.25, -0.2) is 0 Å². The third kappa shape index (κ3) is 3.15. The van der Waals surface area contributed by atoms with Gasteiger partial charge in [0.25, 0.3) is 0 Å². The van der Waals surface area contributed by atoms with Gasteiger partial charge in [0, 0.05) is 21.2 Å². The van der Waals surface area contributed by atoms with Crippen molar-refractivity contribution in [2.45, 2.75) is 19.5 Å². The lowest BCUT2D eigenvalue weighted by Gasteiger charge is -2.12. The van der Waals surface area contributed by atoms with E-state index in [9.17, 15) is 4.79 Å². The number of carbonyl (C=O) groups excluding carboxylic acids is 1. The van der Waals surface area contributed by atoms with E-state index in [1.165, 1.54) is 9.75 Å². The van der Waals surface area contributed by atoms with Gasteiger partial charge in [0.2, 0.25) is 5.91 Å². The molecule has 2 aromatic heterocycles. The largest absolute Gasteiger partial charge is 0.368 e. The Labute approximate surface area is 108 Å². The average Bonchev–Trinajstić information content (AvgIpc) is 2.90. The van der Waals surface area contributed by atoms with Crippen LogP contribution in [0, 0.1) is 6.92 Å². The maximum absolute atomic E-state index is 11.4. The Bertz CT molecular complexity index is 490. The SMILES string of the molecule is Cc1ccc(C(NCc2cccs2)C(N)=O)s1. The minimum atomic E-state index is -0.393. The van der Waals surface area contributed by atoms with Crippen molar-refractivity contribution in [3.8, 4) is 0 Å². The summed E-state index contributed by atoms with van der Waals surface area (Å²) in [6, 6.07) is 7.60. The Balaban J connectivity index is 2.05. The highest BCUT2D eigenvalue weighted by Gasteiger charge is 2.18. The number of aryl methyl sites for hydroxylation is 1. The second-order valence-corrected chi connectivity index (χ2v) is 6.10. The molecule has 90 valence electrons. The van der Waals surface area contributed by atoms with E-state index in [2.05, 4.69) is 5.32 Å². The minimum absolute atomic E-state index is 0.330. The molecule has 0 saturated heterocycles. The number of amides is 1. The van der Waals surface area contributed by atoms with Crippen molar-refractivity contribution in [1.29, 1.82) is 0 Å². The molecule has 0 saturated carbocycles. The summed E-state index contributed by atoms with van der Waals surface area (Å²) in [7, 11) is 0. The molecule has 1 amide bonds. The maximum Gasteiger partial charge on any atom is 0.240 e. The van der Waals surface area contributed by atoms with Gasteiger partial charge in [-0.05, 0) is 30.5 Å². The lowest BCUT2D eigenvalue weighted by Crippen LogP contribution is -2.32. The molecule has 5 heteroatoms. The normalized spacial score (nSPS) is 12.5. The molecule has 1 unspecified atom stereocenters. The van der Waals surface area contributed by atoms with Gasteiger partial charge in [0.15, 0.2) is 0 Å². The van der Waals surface area contributed by atoms with Crippen molar-refractivity contribution in [2.24, 2.45) is 5.73 Å². The first-order valence-electron chi connectivity index (χ1n) is 5.28. The molecule has 0 aromatic carbocycles. The summed E-state index contributed by atoms with van der Waals surface area (Å²) in [5.74, 6) is -0.330. The van der Waals surface area contributed by atoms with Crippen LogP contribution in [0.3, 0.4) is 0 Å². The smallest absolute Gasteiger partial charge is 0.240 e. The topological polar surface area (TPSA) is 55.1 Å². The fourth-order valence-electron chi connectivity index (χ4n) is 1.57. The van der Waals surface area contributed by atoms with Crippen LogP contribution < -0.4 is 11.1 Å². The number of primary amides is 1. The molecule has 0 radical (unpaired) electrons. The summed E-state index contributed by atoms with van der Waals surface area (Å²) >= 11 is 3.27. The van der Waals surface area contributed by atoms with Gasteiger partial charge in [0.1, 0.15) is 6.04 Å². The van der Waals surface area contributed by atoms with Crippen LogP contribution in [-0.4, -0.2) is 5.91 Å². The van der Waals surface area contributed by atoms with Crippen LogP contribution in [-0.2, 0) is 11.3 Å². The van der Waals surface area contributed by atoms with E-state index in [0.29, 0.717) is 6.54 Å². The van der Waals surface area contributed by atoms with Crippen LogP contribution in [0.1, 0.15) is 20.7 Å². The lowest BCUT2D eigenvalue weighted by atomic mass is 10.2. The molecule has 2 aromatic rings. The molecular formula is C12H14N2OS2. The summed E-state index contributed by atoms with van der Waals surface area (Å²) in [5, 5.41) is 5.22. The average molecular weight is 266 g/mol. The number of rotatable bonds is 5. The molecular weight excluding hydrogens is 252 g/mol. The summed E-state index contributed by atoms with van der Waals surface area (Å²) < 4.78 is 0. The zero-order valence-corrected chi connectivity index (χ0v) is 11.1. The molecule has 0 aliphatic heterocycles. The predicted octanol–water partition coefficient (Wildman–Crippen LogP) is 2.43. The number of hydrogen-bond acceptors (Lipinski definition) is 4. The zero-order chi connectivity index (χ0) is 12.3. The van der Waals surface area contributed by atoms with Crippen LogP contribution in [0.25, 0.3) is 0 Å². The molecule has 0 aliphatic carbocycles. The Hall–Kier alpha value is -1.17. The van der Waals surface area contributed by atoms with E-state index in [4.69, 9.17) is 5.73 Å². The number of nitrogens with one attached hydrogen (secondary N) is 1. The van der Waals surface area contributed by atoms with Gasteiger partial charge < -0.3 is 5.73 Å². The zero-order valence-electron chi connectivity index (χ0n) is 9.47. The molecule has 0 bridgehead atoms. The Morgan fingerprint density at radius 1 is 1.47 bits per heavy atom. The van der Waals surface area contributed by atoms with Crippen LogP contribution in [0.5, 0.6) is 0 Å². The van der Waals surface area contributed by atoms with Crippen molar-refractivity contribution < 1.29 is 4.79 Å². The van der Waals surface area contributed by atoms with Crippen molar-refractivity contribution in [2.75, 3.05) is 0 Å². The van der Waals surface area contributed by atoms with Crippen LogP contribution in [0.4, 0.5) is 0 Å². The monoisotopic (exact) mass is 266 g/mol. The first-order valence-corrected chi connectivity index (χ1v) is 6.98. The second kappa shape index (κ2) is 5.44. The highest BCUT2D eigenvalue weighted by atomic mass is 32.1. The molecule has 3 nitrogen and oxygen atoms in total. The number of nitrogens with two attached hydrogens (primary N) is 1. The second-order valence-electron chi connectivity index (χ2n) is 3.74. The Morgan fingerprint density at radius 2 is 2.29 bits per heavy atom. The van der Waals surface area contributed by atoms with Crippen molar-refractivity contribution >= 4 is 28.6 Å². The fraction of sp³-hybridized carbons (Fsp3) is 0.250. The molecule has 3 N–H and O–H groups in total. The van der Waals surface area contributed by atoms with Crippen LogP contribution >= 0.6 is 22.7 Å². The summed E-state index contributed by atoms with van der Waals surface area (Å²) in [6.07, 6.45) is 0. The quantitative estimate of drug-likeness (QED) is 0.873. The van der Waals surface area contributed by atoms with Gasteiger partial charge in [0.05, 0.1) is 0 Å². The molecule has 0 fully saturated rings. The van der Waals surface area contributed by atoms with Gasteiger partial charge in [-0.3, -0.25) is 10.1 Å². The van der Waals surface area contributed by atoms with Crippen molar-refractivity contribution in [1.82, 2.24) is 5.32 Å². The predicted molar refractivity (Wildman–Crippen MR) is 72.2 cm³/mol. The van der Waals surface area contributed by atoms with E-state index in [0.717, 1.165) is 4.88 Å². The van der Waals surface area contributed by atoms with E-state index >= 15 is 0 Å². The molecule has 17 heavy (non-hydrogen) atoms. The van der Waals surface area contributed by atoms with E-state index in [1.54, 1.807) is 22.7 Å². The minimum Gasteiger partial charge on any atom is -0.368 e. The summed E-state index contributed by atoms with van der Waals surface area (Å²) in [5.41, 5.74) is 5.43. The molecule has 2 heterocycles. The molecule has 0 spiro atoms. The van der Waals surface area contributed by atoms with Gasteiger partial charge in [-0.1, -0.05) is 6.07 Å². The third-order valence-electron chi connectivity index (χ3n) is 2.39. The molecule has 0 aliphatic rings. The van der Waals surface area contributed by atoms with E-state index in [1.807, 2.05) is 36.6 Å². The Kier molecular flexibility index (Phi) is 3.93. The molecule has 2 rings (SSSR count). The molecule has 1 atom stereocenters. The van der Waals surface area contributed by atoms with Crippen molar-refractivity contribution in [3.63, 3.8) is 0 Å². The first-order chi connectivity index (χ1) is 8.16. The maximum atomic E-state index is 11.4. The standard InChI is InChI=1S/C12H14N2OS2/c1-8-4-5-10(17-8)11(12(13)15)14-7-9-3-2-6-16-9/h2-6,11,14H,7H2,1H3,(H2,13,15). The van der Waals surface area contributed by atoms with E-state index < -0.39 is 6.04 Å². The highest BCUT2D eigenvalue weighted by Crippen LogP contribution is 2.23. The third-order valence-corrected chi connectivity index (χ3v) is 4.33. The highest BCUT2D eigenvalue weighted by molar-refractivity contribution is 7.12. The lowest BCUT2D eigenvalue weighted by molar-refractivity contribution is -0.120. The van der Waals surface area contributed by atoms with Crippen LogP contribution in [0.2, 0.25) is 0 Å². The van der Waals surface area contributed by atoms with Crippen molar-refractivity contribution in [3.05, 3.63) is 44.3 Å². The number of hydrogen-bond donors (Lipinski definition) is 2. The Morgan fingerprint density at radius 3 is 2.82 bits per heavy atom. The van der Waals surface area contributed by atoms with Gasteiger partial charge >= 0.3 is 0 Å². The van der Waals surface area contributed by atoms with Gasteiger partial charge in [-0.15, -0.1) is 22.7 Å². The number of carbonyl (C=O) groups is 1. The van der Waals surface area contributed by atoms with E-state index in [-0.39, 0.29) is 5.91 Å². The van der Waals surface area contributed by atoms with Gasteiger partial charge in [-0.2, -0.15) is 0 Å². The summed E-state index contributed by atoms with van der Waals surface area (Å²) in [6.45, 7) is 2.69. The summed E-state index contributed by atoms with van der Waals surface area (Å²) in [4.78, 5) is 14.8. The number of thiophene rings is 2.